The summed E-state index contributed by atoms with van der Waals surface area (Å²) in [5.74, 6) is 0. The van der Waals surface area contributed by atoms with Crippen LogP contribution in [0.3, 0.4) is 0 Å². The molecule has 0 aliphatic carbocycles. The standard InChI is InChI=1S/C7H15N/c1-5-7(3)8(4)6-2/h5H,6H2,1-4H3/b7-5+. The Morgan fingerprint density at radius 2 is 2.12 bits per heavy atom. The Kier molecular flexibility index (Phi) is 3.33. The van der Waals surface area contributed by atoms with Gasteiger partial charge >= 0.3 is 0 Å². The van der Waals surface area contributed by atoms with Crippen molar-refractivity contribution < 1.29 is 0 Å². The first kappa shape index (κ1) is 7.54. The molecule has 0 saturated carbocycles. The van der Waals surface area contributed by atoms with Gasteiger partial charge in [-0.25, -0.2) is 0 Å². The van der Waals surface area contributed by atoms with Gasteiger partial charge in [0.1, 0.15) is 0 Å². The van der Waals surface area contributed by atoms with Gasteiger partial charge in [0.25, 0.3) is 0 Å². The van der Waals surface area contributed by atoms with Crippen molar-refractivity contribution in [2.45, 2.75) is 20.8 Å². The maximum absolute atomic E-state index is 2.21. The van der Waals surface area contributed by atoms with Crippen molar-refractivity contribution >= 4 is 0 Å². The summed E-state index contributed by atoms with van der Waals surface area (Å²) in [7, 11) is 2.09. The highest BCUT2D eigenvalue weighted by atomic mass is 15.1. The molecule has 0 N–H and O–H groups in total. The fraction of sp³-hybridized carbons (Fsp3) is 0.714. The van der Waals surface area contributed by atoms with Crippen LogP contribution in [0.2, 0.25) is 0 Å². The van der Waals surface area contributed by atoms with Crippen LogP contribution in [0.1, 0.15) is 20.8 Å². The number of rotatable bonds is 2. The Bertz CT molecular complexity index is 84.4. The van der Waals surface area contributed by atoms with Crippen molar-refractivity contribution in [2.24, 2.45) is 0 Å². The molecule has 0 aliphatic rings. The fourth-order valence-electron chi connectivity index (χ4n) is 0.470. The molecule has 0 spiro atoms. The quantitative estimate of drug-likeness (QED) is 0.528. The van der Waals surface area contributed by atoms with E-state index in [4.69, 9.17) is 0 Å². The van der Waals surface area contributed by atoms with Crippen molar-refractivity contribution in [3.8, 4) is 0 Å². The van der Waals surface area contributed by atoms with Gasteiger partial charge in [-0.05, 0) is 20.8 Å². The SMILES string of the molecule is C/C=C(\C)N(C)CC. The summed E-state index contributed by atoms with van der Waals surface area (Å²) in [5.41, 5.74) is 1.34. The van der Waals surface area contributed by atoms with Crippen LogP contribution in [-0.4, -0.2) is 18.5 Å². The lowest BCUT2D eigenvalue weighted by Crippen LogP contribution is -2.14. The van der Waals surface area contributed by atoms with E-state index >= 15 is 0 Å². The number of hydrogen-bond acceptors (Lipinski definition) is 1. The van der Waals surface area contributed by atoms with Gasteiger partial charge < -0.3 is 4.90 Å². The first-order valence-corrected chi connectivity index (χ1v) is 3.06. The summed E-state index contributed by atoms with van der Waals surface area (Å²) in [5, 5.41) is 0. The molecule has 0 heterocycles. The van der Waals surface area contributed by atoms with E-state index in [-0.39, 0.29) is 0 Å². The van der Waals surface area contributed by atoms with E-state index in [1.165, 1.54) is 5.70 Å². The van der Waals surface area contributed by atoms with Gasteiger partial charge in [0, 0.05) is 19.3 Å². The van der Waals surface area contributed by atoms with Crippen LogP contribution in [-0.2, 0) is 0 Å². The molecule has 0 atom stereocenters. The molecule has 0 saturated heterocycles. The zero-order valence-corrected chi connectivity index (χ0v) is 6.23. The Hall–Kier alpha value is -0.460. The van der Waals surface area contributed by atoms with Gasteiger partial charge in [-0.1, -0.05) is 6.08 Å². The van der Waals surface area contributed by atoms with E-state index in [0.717, 1.165) is 6.54 Å². The third-order valence-electron chi connectivity index (χ3n) is 1.49. The van der Waals surface area contributed by atoms with Gasteiger partial charge in [-0.3, -0.25) is 0 Å². The van der Waals surface area contributed by atoms with Crippen LogP contribution in [0.4, 0.5) is 0 Å². The highest BCUT2D eigenvalue weighted by molar-refractivity contribution is 4.92. The minimum absolute atomic E-state index is 1.09. The van der Waals surface area contributed by atoms with Crippen molar-refractivity contribution in [1.82, 2.24) is 4.90 Å². The molecule has 0 bridgehead atoms. The topological polar surface area (TPSA) is 3.24 Å². The lowest BCUT2D eigenvalue weighted by Gasteiger charge is -2.15. The molecule has 0 aromatic carbocycles. The predicted octanol–water partition coefficient (Wildman–Crippen LogP) is 1.86. The summed E-state index contributed by atoms with van der Waals surface area (Å²) in [4.78, 5) is 2.21. The van der Waals surface area contributed by atoms with Crippen molar-refractivity contribution in [3.63, 3.8) is 0 Å². The van der Waals surface area contributed by atoms with Crippen LogP contribution in [0.25, 0.3) is 0 Å². The molecule has 1 nitrogen and oxygen atoms in total. The van der Waals surface area contributed by atoms with Crippen LogP contribution in [0, 0.1) is 0 Å². The molecule has 0 aliphatic heterocycles. The maximum Gasteiger partial charge on any atom is 0.0143 e. The monoisotopic (exact) mass is 113 g/mol. The van der Waals surface area contributed by atoms with Crippen molar-refractivity contribution in [1.29, 1.82) is 0 Å². The minimum Gasteiger partial charge on any atom is -0.379 e. The van der Waals surface area contributed by atoms with Crippen LogP contribution in [0.5, 0.6) is 0 Å². The average Bonchev–Trinajstić information content (AvgIpc) is 1.84. The van der Waals surface area contributed by atoms with Gasteiger partial charge in [0.15, 0.2) is 0 Å². The smallest absolute Gasteiger partial charge is 0.0143 e. The molecular formula is C7H15N. The molecular weight excluding hydrogens is 98.1 g/mol. The van der Waals surface area contributed by atoms with Gasteiger partial charge in [0.2, 0.25) is 0 Å². The largest absolute Gasteiger partial charge is 0.379 e. The molecule has 0 amide bonds. The Morgan fingerprint density at radius 1 is 1.62 bits per heavy atom. The molecule has 0 unspecified atom stereocenters. The molecule has 1 heteroatoms. The number of allylic oxidation sites excluding steroid dienone is 2. The number of nitrogens with zero attached hydrogens (tertiary/aromatic N) is 1. The Balaban J connectivity index is 3.63. The van der Waals surface area contributed by atoms with Crippen LogP contribution >= 0.6 is 0 Å². The van der Waals surface area contributed by atoms with Crippen molar-refractivity contribution in [2.75, 3.05) is 13.6 Å². The second kappa shape index (κ2) is 3.53. The first-order valence-electron chi connectivity index (χ1n) is 3.06. The molecule has 0 aromatic heterocycles. The molecule has 0 aromatic rings. The molecule has 0 rings (SSSR count). The van der Waals surface area contributed by atoms with E-state index in [1.54, 1.807) is 0 Å². The Labute approximate surface area is 52.0 Å². The normalized spacial score (nSPS) is 11.8. The van der Waals surface area contributed by atoms with Crippen molar-refractivity contribution in [3.05, 3.63) is 11.8 Å². The molecule has 8 heavy (non-hydrogen) atoms. The van der Waals surface area contributed by atoms with E-state index in [0.29, 0.717) is 0 Å². The fourth-order valence-corrected chi connectivity index (χ4v) is 0.470. The Morgan fingerprint density at radius 3 is 2.25 bits per heavy atom. The van der Waals surface area contributed by atoms with Gasteiger partial charge in [-0.2, -0.15) is 0 Å². The zero-order valence-electron chi connectivity index (χ0n) is 6.23. The second-order valence-electron chi connectivity index (χ2n) is 1.94. The van der Waals surface area contributed by atoms with Gasteiger partial charge in [0.05, 0.1) is 0 Å². The average molecular weight is 113 g/mol. The summed E-state index contributed by atoms with van der Waals surface area (Å²) in [6.45, 7) is 7.41. The summed E-state index contributed by atoms with van der Waals surface area (Å²) in [6, 6.07) is 0. The lowest BCUT2D eigenvalue weighted by atomic mass is 10.4. The lowest BCUT2D eigenvalue weighted by molar-refractivity contribution is 0.442. The maximum atomic E-state index is 2.21. The third-order valence-corrected chi connectivity index (χ3v) is 1.49. The third kappa shape index (κ3) is 2.01. The minimum atomic E-state index is 1.09. The summed E-state index contributed by atoms with van der Waals surface area (Å²) >= 11 is 0. The van der Waals surface area contributed by atoms with Crippen LogP contribution < -0.4 is 0 Å². The van der Waals surface area contributed by atoms with E-state index in [2.05, 4.69) is 38.8 Å². The summed E-state index contributed by atoms with van der Waals surface area (Å²) in [6.07, 6.45) is 2.11. The van der Waals surface area contributed by atoms with Gasteiger partial charge in [-0.15, -0.1) is 0 Å². The zero-order chi connectivity index (χ0) is 6.57. The molecule has 0 radical (unpaired) electrons. The second-order valence-corrected chi connectivity index (χ2v) is 1.94. The van der Waals surface area contributed by atoms with E-state index in [9.17, 15) is 0 Å². The summed E-state index contributed by atoms with van der Waals surface area (Å²) < 4.78 is 0. The number of hydrogen-bond donors (Lipinski definition) is 0. The van der Waals surface area contributed by atoms with Crippen LogP contribution in [0.15, 0.2) is 11.8 Å². The predicted molar refractivity (Wildman–Crippen MR) is 37.7 cm³/mol. The van der Waals surface area contributed by atoms with E-state index < -0.39 is 0 Å². The first-order chi connectivity index (χ1) is 3.72. The molecule has 48 valence electrons. The highest BCUT2D eigenvalue weighted by Gasteiger charge is 1.89. The van der Waals surface area contributed by atoms with E-state index in [1.807, 2.05) is 0 Å². The molecule has 0 fully saturated rings. The highest BCUT2D eigenvalue weighted by Crippen LogP contribution is 1.96.